The molecule has 6 aromatic rings. The highest BCUT2D eigenvalue weighted by Gasteiger charge is 2.40. The van der Waals surface area contributed by atoms with E-state index in [1.807, 2.05) is 26.1 Å². The third-order valence-electron chi connectivity index (χ3n) is 10.3. The fourth-order valence-electron chi connectivity index (χ4n) is 7.84. The zero-order valence-corrected chi connectivity index (χ0v) is 26.0. The van der Waals surface area contributed by atoms with Gasteiger partial charge in [-0.05, 0) is 93.3 Å². The summed E-state index contributed by atoms with van der Waals surface area (Å²) in [5.74, 6) is 2.89. The van der Waals surface area contributed by atoms with Crippen LogP contribution in [0.1, 0.15) is 48.2 Å². The predicted molar refractivity (Wildman–Crippen MR) is 176 cm³/mol. The van der Waals surface area contributed by atoms with Crippen molar-refractivity contribution in [2.75, 3.05) is 13.7 Å². The fourth-order valence-corrected chi connectivity index (χ4v) is 7.84. The quantitative estimate of drug-likeness (QED) is 0.204. The molecule has 9 rings (SSSR count). The minimum atomic E-state index is 0.0907. The van der Waals surface area contributed by atoms with Crippen LogP contribution in [0.3, 0.4) is 0 Å². The number of ether oxygens (including phenoxy) is 1. The minimum Gasteiger partial charge on any atom is -0.494 e. The van der Waals surface area contributed by atoms with Gasteiger partial charge in [0.05, 0.1) is 29.5 Å². The largest absolute Gasteiger partial charge is 0.494 e. The molecule has 1 aliphatic heterocycles. The first-order valence-corrected chi connectivity index (χ1v) is 16.2. The zero-order chi connectivity index (χ0) is 30.4. The summed E-state index contributed by atoms with van der Waals surface area (Å²) in [5, 5.41) is 2.19. The number of methoxy groups -OCH3 is 1. The molecule has 45 heavy (non-hydrogen) atoms. The number of piperidine rings is 1. The van der Waals surface area contributed by atoms with Crippen molar-refractivity contribution in [3.63, 3.8) is 0 Å². The van der Waals surface area contributed by atoms with Gasteiger partial charge in [-0.1, -0.05) is 18.2 Å². The summed E-state index contributed by atoms with van der Waals surface area (Å²) in [7, 11) is 3.71. The molecule has 1 saturated heterocycles. The van der Waals surface area contributed by atoms with Crippen molar-refractivity contribution in [2.24, 2.45) is 18.9 Å². The van der Waals surface area contributed by atoms with Gasteiger partial charge < -0.3 is 18.8 Å². The van der Waals surface area contributed by atoms with Gasteiger partial charge in [-0.3, -0.25) is 9.78 Å². The number of amides is 1. The molecule has 0 spiro atoms. The van der Waals surface area contributed by atoms with E-state index in [9.17, 15) is 4.79 Å². The molecule has 2 aromatic carbocycles. The van der Waals surface area contributed by atoms with E-state index in [0.29, 0.717) is 29.2 Å². The molecule has 1 amide bonds. The van der Waals surface area contributed by atoms with Gasteiger partial charge in [0, 0.05) is 53.8 Å². The Morgan fingerprint density at radius 3 is 2.62 bits per heavy atom. The van der Waals surface area contributed by atoms with E-state index in [-0.39, 0.29) is 5.91 Å². The SMILES string of the molecule is COc1cc(C(=O)N2CC3CCC2C3)cc2nc(-c3cc4ccc(-c5cccc6nc(C)ccc56)nc4n3CC3CC3)n(C)c12. The molecule has 3 aliphatic rings. The number of rotatable bonds is 6. The summed E-state index contributed by atoms with van der Waals surface area (Å²) in [6.45, 7) is 3.78. The van der Waals surface area contributed by atoms with Crippen LogP contribution in [-0.4, -0.2) is 54.6 Å². The highest BCUT2D eigenvalue weighted by atomic mass is 16.5. The summed E-state index contributed by atoms with van der Waals surface area (Å²) in [5.41, 5.74) is 8.31. The van der Waals surface area contributed by atoms with Gasteiger partial charge in [0.1, 0.15) is 16.9 Å². The number of imidazole rings is 1. The van der Waals surface area contributed by atoms with Gasteiger partial charge in [-0.15, -0.1) is 0 Å². The molecule has 2 unspecified atom stereocenters. The monoisotopic (exact) mass is 596 g/mol. The first kappa shape index (κ1) is 26.7. The van der Waals surface area contributed by atoms with E-state index in [2.05, 4.69) is 62.6 Å². The van der Waals surface area contributed by atoms with Crippen molar-refractivity contribution < 1.29 is 9.53 Å². The number of carbonyl (C=O) groups excluding carboxylic acids is 1. The molecular formula is C37H36N6O2. The standard InChI is InChI=1S/C37H36N6O2/c1-21-7-13-28-27(5-4-6-29(28)38-21)30-14-11-24-17-32(43(35(24)39-30)19-22-8-9-22)36-40-31-16-25(18-33(45-3)34(31)41(36)2)37(44)42-20-23-10-12-26(42)15-23/h4-7,11,13-14,16-18,22-23,26H,8-10,12,15,19-20H2,1-3H3. The molecular weight excluding hydrogens is 560 g/mol. The highest BCUT2D eigenvalue weighted by molar-refractivity contribution is 6.01. The van der Waals surface area contributed by atoms with Crippen molar-refractivity contribution >= 4 is 38.9 Å². The average Bonchev–Trinajstić information content (AvgIpc) is 3.34. The number of hydrogen-bond acceptors (Lipinski definition) is 5. The van der Waals surface area contributed by atoms with Crippen LogP contribution >= 0.6 is 0 Å². The van der Waals surface area contributed by atoms with Gasteiger partial charge in [-0.25, -0.2) is 9.97 Å². The number of likely N-dealkylation sites (tertiary alicyclic amines) is 1. The lowest BCUT2D eigenvalue weighted by Gasteiger charge is -2.27. The van der Waals surface area contributed by atoms with Crippen LogP contribution in [0.15, 0.2) is 60.7 Å². The Morgan fingerprint density at radius 1 is 0.956 bits per heavy atom. The normalized spacial score (nSPS) is 19.4. The first-order valence-electron chi connectivity index (χ1n) is 16.2. The predicted octanol–water partition coefficient (Wildman–Crippen LogP) is 7.16. The molecule has 226 valence electrons. The first-order chi connectivity index (χ1) is 21.9. The second-order valence-electron chi connectivity index (χ2n) is 13.3. The number of aromatic nitrogens is 5. The fraction of sp³-hybridized carbons (Fsp3) is 0.351. The number of aryl methyl sites for hydroxylation is 2. The second kappa shape index (κ2) is 9.89. The van der Waals surface area contributed by atoms with Crippen LogP contribution in [0.5, 0.6) is 5.75 Å². The Labute approximate surface area is 261 Å². The van der Waals surface area contributed by atoms with Crippen molar-refractivity contribution in [1.29, 1.82) is 0 Å². The molecule has 2 aliphatic carbocycles. The van der Waals surface area contributed by atoms with E-state index < -0.39 is 0 Å². The number of hydrogen-bond donors (Lipinski definition) is 0. The summed E-state index contributed by atoms with van der Waals surface area (Å²) in [6, 6.07) is 21.2. The van der Waals surface area contributed by atoms with Gasteiger partial charge >= 0.3 is 0 Å². The highest BCUT2D eigenvalue weighted by Crippen LogP contribution is 2.41. The maximum atomic E-state index is 13.7. The number of pyridine rings is 2. The van der Waals surface area contributed by atoms with E-state index in [0.717, 1.165) is 87.4 Å². The molecule has 8 nitrogen and oxygen atoms in total. The van der Waals surface area contributed by atoms with Crippen molar-refractivity contribution in [3.8, 4) is 28.5 Å². The number of benzene rings is 2. The number of fused-ring (bicyclic) bond motifs is 5. The minimum absolute atomic E-state index is 0.0907. The van der Waals surface area contributed by atoms with Crippen molar-refractivity contribution in [3.05, 3.63) is 71.9 Å². The van der Waals surface area contributed by atoms with Crippen molar-refractivity contribution in [2.45, 2.75) is 51.6 Å². The lowest BCUT2D eigenvalue weighted by Crippen LogP contribution is -2.37. The summed E-state index contributed by atoms with van der Waals surface area (Å²) < 4.78 is 10.3. The van der Waals surface area contributed by atoms with E-state index in [4.69, 9.17) is 19.7 Å². The Balaban J connectivity index is 1.18. The van der Waals surface area contributed by atoms with Gasteiger partial charge in [-0.2, -0.15) is 0 Å². The topological polar surface area (TPSA) is 78.1 Å². The molecule has 0 N–H and O–H groups in total. The molecule has 5 heterocycles. The Hall–Kier alpha value is -4.72. The molecule has 4 aromatic heterocycles. The number of nitrogens with zero attached hydrogens (tertiary/aromatic N) is 6. The van der Waals surface area contributed by atoms with Gasteiger partial charge in [0.15, 0.2) is 5.82 Å². The molecule has 3 fully saturated rings. The van der Waals surface area contributed by atoms with Gasteiger partial charge in [0.25, 0.3) is 5.91 Å². The molecule has 2 saturated carbocycles. The second-order valence-corrected chi connectivity index (χ2v) is 13.3. The van der Waals surface area contributed by atoms with E-state index in [1.165, 1.54) is 19.3 Å². The molecule has 2 bridgehead atoms. The molecule has 0 radical (unpaired) electrons. The molecule has 2 atom stereocenters. The smallest absolute Gasteiger partial charge is 0.254 e. The average molecular weight is 597 g/mol. The van der Waals surface area contributed by atoms with Crippen LogP contribution in [0.4, 0.5) is 0 Å². The Kier molecular flexibility index (Phi) is 5.86. The maximum absolute atomic E-state index is 13.7. The zero-order valence-electron chi connectivity index (χ0n) is 26.0. The van der Waals surface area contributed by atoms with Crippen LogP contribution < -0.4 is 4.74 Å². The lowest BCUT2D eigenvalue weighted by molar-refractivity contribution is 0.0703. The number of carbonyl (C=O) groups is 1. The third-order valence-corrected chi connectivity index (χ3v) is 10.3. The van der Waals surface area contributed by atoms with Crippen molar-refractivity contribution in [1.82, 2.24) is 29.0 Å². The molecule has 8 heteroatoms. The summed E-state index contributed by atoms with van der Waals surface area (Å²) in [6.07, 6.45) is 5.95. The van der Waals surface area contributed by atoms with Crippen LogP contribution in [0.2, 0.25) is 0 Å². The van der Waals surface area contributed by atoms with E-state index >= 15 is 0 Å². The maximum Gasteiger partial charge on any atom is 0.254 e. The van der Waals surface area contributed by atoms with Crippen LogP contribution in [-0.2, 0) is 13.6 Å². The van der Waals surface area contributed by atoms with Crippen LogP contribution in [0.25, 0.3) is 55.7 Å². The third kappa shape index (κ3) is 4.25. The summed E-state index contributed by atoms with van der Waals surface area (Å²) in [4.78, 5) is 31.0. The van der Waals surface area contributed by atoms with Crippen LogP contribution in [0, 0.1) is 18.8 Å². The summed E-state index contributed by atoms with van der Waals surface area (Å²) >= 11 is 0. The Morgan fingerprint density at radius 2 is 1.84 bits per heavy atom. The van der Waals surface area contributed by atoms with E-state index in [1.54, 1.807) is 7.11 Å². The Bertz CT molecular complexity index is 2170. The van der Waals surface area contributed by atoms with Gasteiger partial charge in [0.2, 0.25) is 0 Å². The lowest BCUT2D eigenvalue weighted by atomic mass is 10.0.